The zero-order valence-electron chi connectivity index (χ0n) is 8.47. The van der Waals surface area contributed by atoms with E-state index in [1.807, 2.05) is 4.90 Å². The first-order chi connectivity index (χ1) is 7.61. The summed E-state index contributed by atoms with van der Waals surface area (Å²) in [5, 5.41) is 19.8. The average molecular weight is 243 g/mol. The molecular weight excluding hydrogens is 232 g/mol. The van der Waals surface area contributed by atoms with Gasteiger partial charge in [0.25, 0.3) is 5.69 Å². The molecule has 6 heteroatoms. The lowest BCUT2D eigenvalue weighted by Gasteiger charge is -2.40. The Kier molecular flexibility index (Phi) is 2.98. The average Bonchev–Trinajstić information content (AvgIpc) is 2.18. The van der Waals surface area contributed by atoms with Crippen molar-refractivity contribution in [1.29, 1.82) is 0 Å². The van der Waals surface area contributed by atoms with Gasteiger partial charge in [-0.1, -0.05) is 11.6 Å². The van der Waals surface area contributed by atoms with Crippen LogP contribution >= 0.6 is 11.6 Å². The number of hydrogen-bond acceptors (Lipinski definition) is 4. The van der Waals surface area contributed by atoms with E-state index < -0.39 is 4.92 Å². The van der Waals surface area contributed by atoms with E-state index in [9.17, 15) is 10.1 Å². The number of non-ortho nitro benzene ring substituents is 1. The molecule has 0 unspecified atom stereocenters. The van der Waals surface area contributed by atoms with E-state index in [4.69, 9.17) is 16.7 Å². The van der Waals surface area contributed by atoms with Crippen molar-refractivity contribution in [3.8, 4) is 0 Å². The number of nitro groups is 1. The molecule has 0 aliphatic carbocycles. The molecule has 1 aromatic carbocycles. The van der Waals surface area contributed by atoms with E-state index in [0.29, 0.717) is 5.02 Å². The molecule has 86 valence electrons. The molecule has 0 atom stereocenters. The third-order valence-electron chi connectivity index (χ3n) is 2.70. The summed E-state index contributed by atoms with van der Waals surface area (Å²) in [6.45, 7) is 1.66. The first-order valence-electron chi connectivity index (χ1n) is 4.91. The Morgan fingerprint density at radius 2 is 2.25 bits per heavy atom. The van der Waals surface area contributed by atoms with Crippen LogP contribution in [0.2, 0.25) is 5.02 Å². The van der Waals surface area contributed by atoms with Gasteiger partial charge in [-0.15, -0.1) is 0 Å². The van der Waals surface area contributed by atoms with Crippen molar-refractivity contribution in [2.45, 2.75) is 0 Å². The minimum Gasteiger partial charge on any atom is -0.396 e. The van der Waals surface area contributed by atoms with Crippen LogP contribution < -0.4 is 4.90 Å². The number of nitro benzene ring substituents is 1. The Hall–Kier alpha value is -1.33. The van der Waals surface area contributed by atoms with Crippen molar-refractivity contribution >= 4 is 23.0 Å². The summed E-state index contributed by atoms with van der Waals surface area (Å²) in [6, 6.07) is 4.44. The first-order valence-corrected chi connectivity index (χ1v) is 5.29. The second-order valence-electron chi connectivity index (χ2n) is 3.85. The summed E-state index contributed by atoms with van der Waals surface area (Å²) in [6.07, 6.45) is 0. The van der Waals surface area contributed by atoms with Crippen molar-refractivity contribution in [3.63, 3.8) is 0 Å². The molecule has 1 saturated heterocycles. The molecule has 0 radical (unpaired) electrons. The van der Waals surface area contributed by atoms with Crippen LogP contribution in [-0.2, 0) is 0 Å². The zero-order valence-corrected chi connectivity index (χ0v) is 9.22. The third kappa shape index (κ3) is 1.96. The Morgan fingerprint density at radius 3 is 2.75 bits per heavy atom. The highest BCUT2D eigenvalue weighted by molar-refractivity contribution is 6.33. The van der Waals surface area contributed by atoms with Gasteiger partial charge in [-0.25, -0.2) is 0 Å². The van der Waals surface area contributed by atoms with Gasteiger partial charge in [0.2, 0.25) is 0 Å². The Balaban J connectivity index is 2.15. The van der Waals surface area contributed by atoms with Crippen molar-refractivity contribution < 1.29 is 10.0 Å². The number of halogens is 1. The van der Waals surface area contributed by atoms with Gasteiger partial charge in [0, 0.05) is 37.7 Å². The summed E-state index contributed by atoms with van der Waals surface area (Å²) in [7, 11) is 0. The normalized spacial score (nSPS) is 16.0. The number of rotatable bonds is 3. The molecule has 2 rings (SSSR count). The predicted octanol–water partition coefficient (Wildman–Crippen LogP) is 1.68. The summed E-state index contributed by atoms with van der Waals surface area (Å²) >= 11 is 5.96. The lowest BCUT2D eigenvalue weighted by Crippen LogP contribution is -2.48. The Morgan fingerprint density at radius 1 is 1.56 bits per heavy atom. The summed E-state index contributed by atoms with van der Waals surface area (Å²) in [4.78, 5) is 12.0. The predicted molar refractivity (Wildman–Crippen MR) is 60.9 cm³/mol. The minimum absolute atomic E-state index is 0.00650. The van der Waals surface area contributed by atoms with Crippen LogP contribution in [0.3, 0.4) is 0 Å². The summed E-state index contributed by atoms with van der Waals surface area (Å²) < 4.78 is 0. The second-order valence-corrected chi connectivity index (χ2v) is 4.25. The number of hydrogen-bond donors (Lipinski definition) is 1. The van der Waals surface area contributed by atoms with Gasteiger partial charge in [0.05, 0.1) is 15.6 Å². The molecule has 0 bridgehead atoms. The van der Waals surface area contributed by atoms with Crippen LogP contribution in [-0.4, -0.2) is 29.7 Å². The number of aliphatic hydroxyl groups excluding tert-OH is 1. The topological polar surface area (TPSA) is 66.6 Å². The van der Waals surface area contributed by atoms with Crippen molar-refractivity contribution in [2.24, 2.45) is 5.92 Å². The van der Waals surface area contributed by atoms with Gasteiger partial charge in [-0.3, -0.25) is 10.1 Å². The minimum atomic E-state index is -0.470. The second kappa shape index (κ2) is 4.27. The van der Waals surface area contributed by atoms with E-state index in [1.54, 1.807) is 6.07 Å². The van der Waals surface area contributed by atoms with Gasteiger partial charge >= 0.3 is 0 Å². The zero-order chi connectivity index (χ0) is 11.7. The van der Waals surface area contributed by atoms with Gasteiger partial charge in [-0.2, -0.15) is 0 Å². The quantitative estimate of drug-likeness (QED) is 0.647. The molecule has 0 aromatic heterocycles. The van der Waals surface area contributed by atoms with E-state index in [1.165, 1.54) is 12.1 Å². The maximum atomic E-state index is 10.5. The van der Waals surface area contributed by atoms with Gasteiger partial charge < -0.3 is 10.0 Å². The molecule has 1 N–H and O–H groups in total. The maximum absolute atomic E-state index is 10.5. The van der Waals surface area contributed by atoms with E-state index >= 15 is 0 Å². The van der Waals surface area contributed by atoms with Crippen LogP contribution in [0.5, 0.6) is 0 Å². The lowest BCUT2D eigenvalue weighted by molar-refractivity contribution is -0.384. The fourth-order valence-corrected chi connectivity index (χ4v) is 2.04. The standard InChI is InChI=1S/C10H11ClN2O3/c11-9-3-8(13(15)16)1-2-10(9)12-4-7(5-12)6-14/h1-3,7,14H,4-6H2. The number of benzene rings is 1. The summed E-state index contributed by atoms with van der Waals surface area (Å²) in [5.74, 6) is 0.284. The SMILES string of the molecule is O=[N+]([O-])c1ccc(N2CC(CO)C2)c(Cl)c1. The molecule has 1 heterocycles. The molecule has 0 spiro atoms. The highest BCUT2D eigenvalue weighted by Gasteiger charge is 2.27. The lowest BCUT2D eigenvalue weighted by atomic mass is 10.0. The molecule has 16 heavy (non-hydrogen) atoms. The number of anilines is 1. The van der Waals surface area contributed by atoms with E-state index in [-0.39, 0.29) is 18.2 Å². The molecule has 1 aliphatic heterocycles. The van der Waals surface area contributed by atoms with E-state index in [0.717, 1.165) is 18.8 Å². The fraction of sp³-hybridized carbons (Fsp3) is 0.400. The smallest absolute Gasteiger partial charge is 0.271 e. The number of aliphatic hydroxyl groups is 1. The molecular formula is C10H11ClN2O3. The van der Waals surface area contributed by atoms with Crippen LogP contribution in [0.15, 0.2) is 18.2 Å². The number of nitrogens with zero attached hydrogens (tertiary/aromatic N) is 2. The van der Waals surface area contributed by atoms with Crippen molar-refractivity contribution in [3.05, 3.63) is 33.3 Å². The van der Waals surface area contributed by atoms with Gasteiger partial charge in [0.15, 0.2) is 0 Å². The van der Waals surface area contributed by atoms with Crippen LogP contribution in [0, 0.1) is 16.0 Å². The van der Waals surface area contributed by atoms with Gasteiger partial charge in [-0.05, 0) is 6.07 Å². The fourth-order valence-electron chi connectivity index (χ4n) is 1.75. The first kappa shape index (κ1) is 11.2. The van der Waals surface area contributed by atoms with Crippen molar-refractivity contribution in [1.82, 2.24) is 0 Å². The summed E-state index contributed by atoms with van der Waals surface area (Å²) in [5.41, 5.74) is 0.782. The largest absolute Gasteiger partial charge is 0.396 e. The molecule has 1 aliphatic rings. The van der Waals surface area contributed by atoms with Crippen LogP contribution in [0.1, 0.15) is 0 Å². The Bertz CT molecular complexity index is 419. The molecule has 0 amide bonds. The van der Waals surface area contributed by atoms with Crippen LogP contribution in [0.25, 0.3) is 0 Å². The Labute approximate surface area is 97.4 Å². The monoisotopic (exact) mass is 242 g/mol. The highest BCUT2D eigenvalue weighted by Crippen LogP contribution is 2.33. The third-order valence-corrected chi connectivity index (χ3v) is 3.00. The van der Waals surface area contributed by atoms with Crippen LogP contribution in [0.4, 0.5) is 11.4 Å². The highest BCUT2D eigenvalue weighted by atomic mass is 35.5. The molecule has 1 fully saturated rings. The van der Waals surface area contributed by atoms with E-state index in [2.05, 4.69) is 0 Å². The maximum Gasteiger partial charge on any atom is 0.271 e. The van der Waals surface area contributed by atoms with Gasteiger partial charge in [0.1, 0.15) is 0 Å². The molecule has 1 aromatic rings. The molecule has 0 saturated carbocycles. The molecule has 5 nitrogen and oxygen atoms in total. The van der Waals surface area contributed by atoms with Crippen molar-refractivity contribution in [2.75, 3.05) is 24.6 Å².